The molecule has 1 aliphatic rings. The zero-order chi connectivity index (χ0) is 14.8. The topological polar surface area (TPSA) is 58.6 Å². The van der Waals surface area contributed by atoms with Crippen LogP contribution in [0.5, 0.6) is 0 Å². The summed E-state index contributed by atoms with van der Waals surface area (Å²) in [5.74, 6) is 0. The molecule has 0 aromatic carbocycles. The van der Waals surface area contributed by atoms with E-state index in [-0.39, 0.29) is 6.04 Å². The summed E-state index contributed by atoms with van der Waals surface area (Å²) < 4.78 is 31.7. The molecule has 2 rings (SSSR count). The first-order valence-electron chi connectivity index (χ1n) is 6.73. The summed E-state index contributed by atoms with van der Waals surface area (Å²) >= 11 is 1.49. The quantitative estimate of drug-likeness (QED) is 0.792. The number of ether oxygens (including phenoxy) is 1. The lowest BCUT2D eigenvalue weighted by atomic mass is 10.4. The Kier molecular flexibility index (Phi) is 5.19. The summed E-state index contributed by atoms with van der Waals surface area (Å²) in [4.78, 5) is 1.30. The van der Waals surface area contributed by atoms with E-state index in [1.54, 1.807) is 20.2 Å². The molecule has 7 heteroatoms. The highest BCUT2D eigenvalue weighted by atomic mass is 32.2. The zero-order valence-electron chi connectivity index (χ0n) is 12.1. The number of sulfonamides is 1. The minimum atomic E-state index is -3.45. The highest BCUT2D eigenvalue weighted by Crippen LogP contribution is 2.27. The second-order valence-electron chi connectivity index (χ2n) is 5.19. The van der Waals surface area contributed by atoms with Crippen LogP contribution >= 0.6 is 11.3 Å². The molecule has 0 spiro atoms. The van der Waals surface area contributed by atoms with Crippen LogP contribution in [0.3, 0.4) is 0 Å². The van der Waals surface area contributed by atoms with E-state index in [2.05, 4.69) is 5.32 Å². The lowest BCUT2D eigenvalue weighted by molar-refractivity contribution is 0.149. The Morgan fingerprint density at radius 1 is 1.55 bits per heavy atom. The normalized spacial score (nSPS) is 17.6. The standard InChI is InChI=1S/C13H22N2O3S2/c1-10(9-18-3)15(2)20(16,17)13-6-7-19-12(13)8-14-11-4-5-11/h6-7,10-11,14H,4-5,8-9H2,1-3H3. The van der Waals surface area contributed by atoms with Gasteiger partial charge < -0.3 is 10.1 Å². The van der Waals surface area contributed by atoms with Crippen LogP contribution in [0.1, 0.15) is 24.6 Å². The fourth-order valence-corrected chi connectivity index (χ4v) is 4.66. The molecule has 1 heterocycles. The third-order valence-corrected chi connectivity index (χ3v) is 6.63. The van der Waals surface area contributed by atoms with E-state index in [1.807, 2.05) is 12.3 Å². The van der Waals surface area contributed by atoms with Crippen molar-refractivity contribution < 1.29 is 13.2 Å². The minimum Gasteiger partial charge on any atom is -0.383 e. The molecule has 1 aliphatic carbocycles. The smallest absolute Gasteiger partial charge is 0.244 e. The number of nitrogens with zero attached hydrogens (tertiary/aromatic N) is 1. The van der Waals surface area contributed by atoms with E-state index < -0.39 is 10.0 Å². The van der Waals surface area contributed by atoms with Gasteiger partial charge in [-0.05, 0) is 31.2 Å². The van der Waals surface area contributed by atoms with Crippen molar-refractivity contribution in [2.24, 2.45) is 0 Å². The molecular formula is C13H22N2O3S2. The average molecular weight is 318 g/mol. The predicted octanol–water partition coefficient (Wildman–Crippen LogP) is 1.66. The SMILES string of the molecule is COCC(C)N(C)S(=O)(=O)c1ccsc1CNC1CC1. The monoisotopic (exact) mass is 318 g/mol. The maximum absolute atomic E-state index is 12.6. The van der Waals surface area contributed by atoms with Crippen molar-refractivity contribution in [3.05, 3.63) is 16.3 Å². The van der Waals surface area contributed by atoms with Crippen molar-refractivity contribution in [2.75, 3.05) is 20.8 Å². The van der Waals surface area contributed by atoms with Gasteiger partial charge >= 0.3 is 0 Å². The van der Waals surface area contributed by atoms with Crippen molar-refractivity contribution in [1.82, 2.24) is 9.62 Å². The average Bonchev–Trinajstić information content (AvgIpc) is 3.11. The van der Waals surface area contributed by atoms with E-state index in [9.17, 15) is 8.42 Å². The molecule has 5 nitrogen and oxygen atoms in total. The predicted molar refractivity (Wildman–Crippen MR) is 80.5 cm³/mol. The first-order valence-corrected chi connectivity index (χ1v) is 9.05. The van der Waals surface area contributed by atoms with Gasteiger partial charge in [0.15, 0.2) is 0 Å². The molecule has 1 unspecified atom stereocenters. The molecule has 1 fully saturated rings. The Labute approximate surface area is 125 Å². The zero-order valence-corrected chi connectivity index (χ0v) is 13.8. The van der Waals surface area contributed by atoms with Gasteiger partial charge in [0.25, 0.3) is 0 Å². The number of methoxy groups -OCH3 is 1. The number of rotatable bonds is 8. The van der Waals surface area contributed by atoms with E-state index >= 15 is 0 Å². The van der Waals surface area contributed by atoms with Crippen LogP contribution in [0.15, 0.2) is 16.3 Å². The molecule has 114 valence electrons. The molecule has 0 bridgehead atoms. The van der Waals surface area contributed by atoms with Gasteiger partial charge in [0.2, 0.25) is 10.0 Å². The summed E-state index contributed by atoms with van der Waals surface area (Å²) in [5, 5.41) is 5.21. The van der Waals surface area contributed by atoms with Crippen LogP contribution in [0.2, 0.25) is 0 Å². The number of hydrogen-bond donors (Lipinski definition) is 1. The maximum atomic E-state index is 12.6. The third-order valence-electron chi connectivity index (χ3n) is 3.52. The third kappa shape index (κ3) is 3.59. The molecule has 20 heavy (non-hydrogen) atoms. The summed E-state index contributed by atoms with van der Waals surface area (Å²) in [7, 11) is -0.270. The van der Waals surface area contributed by atoms with Crippen LogP contribution in [0.4, 0.5) is 0 Å². The van der Waals surface area contributed by atoms with Gasteiger partial charge in [-0.25, -0.2) is 8.42 Å². The molecule has 0 aliphatic heterocycles. The molecule has 0 radical (unpaired) electrons. The number of thiophene rings is 1. The first-order chi connectivity index (χ1) is 9.46. The molecule has 1 saturated carbocycles. The number of hydrogen-bond acceptors (Lipinski definition) is 5. The summed E-state index contributed by atoms with van der Waals surface area (Å²) in [6.45, 7) is 2.86. The van der Waals surface area contributed by atoms with Gasteiger partial charge in [-0.3, -0.25) is 0 Å². The lowest BCUT2D eigenvalue weighted by Gasteiger charge is -2.23. The molecule has 1 aromatic heterocycles. The van der Waals surface area contributed by atoms with E-state index in [0.29, 0.717) is 24.1 Å². The molecule has 1 atom stereocenters. The fourth-order valence-electron chi connectivity index (χ4n) is 1.95. The van der Waals surface area contributed by atoms with Gasteiger partial charge in [-0.2, -0.15) is 4.31 Å². The Hall–Kier alpha value is -0.470. The molecular weight excluding hydrogens is 296 g/mol. The van der Waals surface area contributed by atoms with E-state index in [1.165, 1.54) is 28.5 Å². The van der Waals surface area contributed by atoms with Gasteiger partial charge in [0.05, 0.1) is 11.5 Å². The Morgan fingerprint density at radius 3 is 2.85 bits per heavy atom. The van der Waals surface area contributed by atoms with Gasteiger partial charge in [-0.1, -0.05) is 0 Å². The fraction of sp³-hybridized carbons (Fsp3) is 0.692. The first kappa shape index (κ1) is 15.9. The van der Waals surface area contributed by atoms with Crippen molar-refractivity contribution in [3.8, 4) is 0 Å². The summed E-state index contributed by atoms with van der Waals surface area (Å²) in [5.41, 5.74) is 0. The molecule has 1 aromatic rings. The van der Waals surface area contributed by atoms with Crippen LogP contribution in [-0.2, 0) is 21.3 Å². The highest BCUT2D eigenvalue weighted by molar-refractivity contribution is 7.89. The Bertz CT molecular complexity index is 538. The van der Waals surface area contributed by atoms with Crippen LogP contribution in [0.25, 0.3) is 0 Å². The van der Waals surface area contributed by atoms with Gasteiger partial charge in [0.1, 0.15) is 0 Å². The molecule has 0 amide bonds. The molecule has 1 N–H and O–H groups in total. The van der Waals surface area contributed by atoms with Crippen molar-refractivity contribution in [2.45, 2.75) is 43.3 Å². The summed E-state index contributed by atoms with van der Waals surface area (Å²) in [6, 6.07) is 2.08. The maximum Gasteiger partial charge on any atom is 0.244 e. The van der Waals surface area contributed by atoms with Gasteiger partial charge in [-0.15, -0.1) is 11.3 Å². The number of likely N-dealkylation sites (N-methyl/N-ethyl adjacent to an activating group) is 1. The second kappa shape index (κ2) is 6.53. The van der Waals surface area contributed by atoms with Crippen LogP contribution in [0, 0.1) is 0 Å². The van der Waals surface area contributed by atoms with E-state index in [4.69, 9.17) is 4.74 Å². The van der Waals surface area contributed by atoms with Crippen molar-refractivity contribution >= 4 is 21.4 Å². The largest absolute Gasteiger partial charge is 0.383 e. The number of nitrogens with one attached hydrogen (secondary N) is 1. The lowest BCUT2D eigenvalue weighted by Crippen LogP contribution is -2.38. The van der Waals surface area contributed by atoms with Crippen molar-refractivity contribution in [1.29, 1.82) is 0 Å². The highest BCUT2D eigenvalue weighted by Gasteiger charge is 2.29. The van der Waals surface area contributed by atoms with E-state index in [0.717, 1.165) is 4.88 Å². The summed E-state index contributed by atoms with van der Waals surface area (Å²) in [6.07, 6.45) is 2.39. The Balaban J connectivity index is 2.13. The minimum absolute atomic E-state index is 0.186. The van der Waals surface area contributed by atoms with Crippen molar-refractivity contribution in [3.63, 3.8) is 0 Å². The van der Waals surface area contributed by atoms with Gasteiger partial charge in [0, 0.05) is 37.7 Å². The molecule has 0 saturated heterocycles. The second-order valence-corrected chi connectivity index (χ2v) is 8.16. The Morgan fingerprint density at radius 2 is 2.25 bits per heavy atom. The van der Waals surface area contributed by atoms with Crippen LogP contribution < -0.4 is 5.32 Å². The van der Waals surface area contributed by atoms with Crippen LogP contribution in [-0.4, -0.2) is 45.6 Å².